The highest BCUT2D eigenvalue weighted by molar-refractivity contribution is 5.35. The smallest absolute Gasteiger partial charge is 0.147 e. The molecule has 2 heterocycles. The van der Waals surface area contributed by atoms with Crippen LogP contribution in [0.1, 0.15) is 13.8 Å². The Morgan fingerprint density at radius 3 is 3.00 bits per heavy atom. The zero-order chi connectivity index (χ0) is 10.7. The molecule has 1 fully saturated rings. The third-order valence-corrected chi connectivity index (χ3v) is 2.65. The summed E-state index contributed by atoms with van der Waals surface area (Å²) in [6.45, 7) is 8.65. The molecule has 1 aliphatic heterocycles. The molecule has 1 aliphatic rings. The molecule has 1 aromatic heterocycles. The maximum absolute atomic E-state index is 4.35. The van der Waals surface area contributed by atoms with Crippen LogP contribution in [-0.2, 0) is 0 Å². The zero-order valence-electron chi connectivity index (χ0n) is 9.40. The van der Waals surface area contributed by atoms with Crippen LogP contribution in [0.15, 0.2) is 18.6 Å². The standard InChI is InChI=1S/C11H18N4/c1-11(2)8-13-5-6-15(9-11)10-7-12-3-4-14-10/h3-4,7,13H,5-6,8-9H2,1-2H3. The van der Waals surface area contributed by atoms with Gasteiger partial charge in [0.2, 0.25) is 0 Å². The maximum Gasteiger partial charge on any atom is 0.147 e. The zero-order valence-corrected chi connectivity index (χ0v) is 9.40. The lowest BCUT2D eigenvalue weighted by Gasteiger charge is -2.29. The van der Waals surface area contributed by atoms with E-state index in [0.29, 0.717) is 0 Å². The number of hydrogen-bond donors (Lipinski definition) is 1. The Balaban J connectivity index is 2.15. The summed E-state index contributed by atoms with van der Waals surface area (Å²) in [5, 5.41) is 3.45. The SMILES string of the molecule is CC1(C)CNCCN(c2cnccn2)C1. The first-order chi connectivity index (χ1) is 7.17. The first-order valence-corrected chi connectivity index (χ1v) is 5.39. The highest BCUT2D eigenvalue weighted by Crippen LogP contribution is 2.20. The Hall–Kier alpha value is -1.16. The Morgan fingerprint density at radius 2 is 2.27 bits per heavy atom. The molecule has 1 N–H and O–H groups in total. The van der Waals surface area contributed by atoms with Gasteiger partial charge >= 0.3 is 0 Å². The van der Waals surface area contributed by atoms with E-state index in [-0.39, 0.29) is 5.41 Å². The summed E-state index contributed by atoms with van der Waals surface area (Å²) >= 11 is 0. The summed E-state index contributed by atoms with van der Waals surface area (Å²) in [5.41, 5.74) is 0.286. The summed E-state index contributed by atoms with van der Waals surface area (Å²) < 4.78 is 0. The van der Waals surface area contributed by atoms with E-state index in [1.54, 1.807) is 12.4 Å². The minimum Gasteiger partial charge on any atom is -0.353 e. The molecule has 0 spiro atoms. The van der Waals surface area contributed by atoms with Gasteiger partial charge in [0.1, 0.15) is 5.82 Å². The van der Waals surface area contributed by atoms with Gasteiger partial charge in [0.25, 0.3) is 0 Å². The monoisotopic (exact) mass is 206 g/mol. The number of aromatic nitrogens is 2. The largest absolute Gasteiger partial charge is 0.353 e. The predicted molar refractivity (Wildman–Crippen MR) is 60.9 cm³/mol. The summed E-state index contributed by atoms with van der Waals surface area (Å²) in [6.07, 6.45) is 5.30. The van der Waals surface area contributed by atoms with Crippen LogP contribution in [0.5, 0.6) is 0 Å². The highest BCUT2D eigenvalue weighted by atomic mass is 15.2. The van der Waals surface area contributed by atoms with Gasteiger partial charge in [-0.25, -0.2) is 4.98 Å². The molecular formula is C11H18N4. The van der Waals surface area contributed by atoms with Crippen LogP contribution in [0, 0.1) is 5.41 Å². The van der Waals surface area contributed by atoms with Crippen LogP contribution in [-0.4, -0.2) is 36.1 Å². The molecule has 0 saturated carbocycles. The second-order valence-electron chi connectivity index (χ2n) is 4.83. The van der Waals surface area contributed by atoms with Gasteiger partial charge in [0.05, 0.1) is 6.20 Å². The summed E-state index contributed by atoms with van der Waals surface area (Å²) in [7, 11) is 0. The molecule has 1 saturated heterocycles. The van der Waals surface area contributed by atoms with E-state index in [2.05, 4.69) is 34.0 Å². The molecule has 0 amide bonds. The predicted octanol–water partition coefficient (Wildman–Crippen LogP) is 0.912. The van der Waals surface area contributed by atoms with Crippen LogP contribution in [0.4, 0.5) is 5.82 Å². The number of nitrogens with one attached hydrogen (secondary N) is 1. The fourth-order valence-corrected chi connectivity index (χ4v) is 1.94. The Kier molecular flexibility index (Phi) is 2.86. The van der Waals surface area contributed by atoms with Crippen LogP contribution >= 0.6 is 0 Å². The number of nitrogens with zero attached hydrogens (tertiary/aromatic N) is 3. The molecule has 0 atom stereocenters. The van der Waals surface area contributed by atoms with E-state index in [0.717, 1.165) is 32.0 Å². The van der Waals surface area contributed by atoms with Gasteiger partial charge in [0, 0.05) is 38.6 Å². The van der Waals surface area contributed by atoms with Crippen molar-refractivity contribution in [2.45, 2.75) is 13.8 Å². The summed E-state index contributed by atoms with van der Waals surface area (Å²) in [6, 6.07) is 0. The van der Waals surface area contributed by atoms with Crippen molar-refractivity contribution in [2.24, 2.45) is 5.41 Å². The number of anilines is 1. The van der Waals surface area contributed by atoms with Gasteiger partial charge in [-0.05, 0) is 5.41 Å². The average Bonchev–Trinajstić information content (AvgIpc) is 2.41. The third-order valence-electron chi connectivity index (χ3n) is 2.65. The number of hydrogen-bond acceptors (Lipinski definition) is 4. The van der Waals surface area contributed by atoms with Gasteiger partial charge in [-0.2, -0.15) is 0 Å². The average molecular weight is 206 g/mol. The minimum absolute atomic E-state index is 0.286. The lowest BCUT2D eigenvalue weighted by Crippen LogP contribution is -2.35. The van der Waals surface area contributed by atoms with Crippen molar-refractivity contribution in [1.82, 2.24) is 15.3 Å². The van der Waals surface area contributed by atoms with Gasteiger partial charge in [-0.3, -0.25) is 4.98 Å². The summed E-state index contributed by atoms with van der Waals surface area (Å²) in [5.74, 6) is 0.981. The molecule has 0 aliphatic carbocycles. The van der Waals surface area contributed by atoms with E-state index in [4.69, 9.17) is 0 Å². The molecule has 0 bridgehead atoms. The lowest BCUT2D eigenvalue weighted by atomic mass is 9.93. The molecule has 4 nitrogen and oxygen atoms in total. The van der Waals surface area contributed by atoms with Crippen molar-refractivity contribution in [3.8, 4) is 0 Å². The third kappa shape index (κ3) is 2.65. The van der Waals surface area contributed by atoms with Crippen molar-refractivity contribution >= 4 is 5.82 Å². The van der Waals surface area contributed by atoms with Crippen molar-refractivity contribution in [3.05, 3.63) is 18.6 Å². The molecule has 82 valence electrons. The maximum atomic E-state index is 4.35. The molecule has 0 radical (unpaired) electrons. The second kappa shape index (κ2) is 4.14. The number of rotatable bonds is 1. The molecule has 0 aromatic carbocycles. The fourth-order valence-electron chi connectivity index (χ4n) is 1.94. The van der Waals surface area contributed by atoms with Crippen LogP contribution in [0.3, 0.4) is 0 Å². The van der Waals surface area contributed by atoms with Crippen molar-refractivity contribution < 1.29 is 0 Å². The van der Waals surface area contributed by atoms with Crippen LogP contribution in [0.2, 0.25) is 0 Å². The van der Waals surface area contributed by atoms with E-state index < -0.39 is 0 Å². The topological polar surface area (TPSA) is 41.0 Å². The van der Waals surface area contributed by atoms with Gasteiger partial charge in [-0.15, -0.1) is 0 Å². The first kappa shape index (κ1) is 10.4. The second-order valence-corrected chi connectivity index (χ2v) is 4.83. The van der Waals surface area contributed by atoms with Crippen molar-refractivity contribution in [2.75, 3.05) is 31.1 Å². The lowest BCUT2D eigenvalue weighted by molar-refractivity contribution is 0.370. The van der Waals surface area contributed by atoms with E-state index in [1.807, 2.05) is 6.20 Å². The highest BCUT2D eigenvalue weighted by Gasteiger charge is 2.25. The molecule has 2 rings (SSSR count). The quantitative estimate of drug-likeness (QED) is 0.741. The Labute approximate surface area is 90.7 Å². The van der Waals surface area contributed by atoms with Gasteiger partial charge in [-0.1, -0.05) is 13.8 Å². The fraction of sp³-hybridized carbons (Fsp3) is 0.636. The van der Waals surface area contributed by atoms with Gasteiger partial charge < -0.3 is 10.2 Å². The van der Waals surface area contributed by atoms with Crippen LogP contribution < -0.4 is 10.2 Å². The van der Waals surface area contributed by atoms with Crippen molar-refractivity contribution in [3.63, 3.8) is 0 Å². The molecular weight excluding hydrogens is 188 g/mol. The first-order valence-electron chi connectivity index (χ1n) is 5.39. The molecule has 1 aromatic rings. The summed E-state index contributed by atoms with van der Waals surface area (Å²) in [4.78, 5) is 10.8. The molecule has 15 heavy (non-hydrogen) atoms. The molecule has 0 unspecified atom stereocenters. The van der Waals surface area contributed by atoms with Gasteiger partial charge in [0.15, 0.2) is 0 Å². The van der Waals surface area contributed by atoms with E-state index in [9.17, 15) is 0 Å². The van der Waals surface area contributed by atoms with E-state index >= 15 is 0 Å². The minimum atomic E-state index is 0.286. The van der Waals surface area contributed by atoms with E-state index in [1.165, 1.54) is 0 Å². The Morgan fingerprint density at radius 1 is 1.40 bits per heavy atom. The van der Waals surface area contributed by atoms with Crippen LogP contribution in [0.25, 0.3) is 0 Å². The normalized spacial score (nSPS) is 21.1. The molecule has 4 heteroatoms. The van der Waals surface area contributed by atoms with Crippen molar-refractivity contribution in [1.29, 1.82) is 0 Å². The Bertz CT molecular complexity index is 310.